The van der Waals surface area contributed by atoms with Gasteiger partial charge in [0.2, 0.25) is 0 Å². The average Bonchev–Trinajstić information content (AvgIpc) is 2.99. The van der Waals surface area contributed by atoms with Gasteiger partial charge in [-0.3, -0.25) is 9.59 Å². The van der Waals surface area contributed by atoms with Gasteiger partial charge >= 0.3 is 0 Å². The monoisotopic (exact) mass is 434 g/mol. The number of halogens is 1. The maximum absolute atomic E-state index is 14.5. The van der Waals surface area contributed by atoms with E-state index in [4.69, 9.17) is 4.74 Å². The average molecular weight is 434 g/mol. The molecule has 1 aromatic carbocycles. The number of benzene rings is 1. The number of hydrogen-bond acceptors (Lipinski definition) is 4. The summed E-state index contributed by atoms with van der Waals surface area (Å²) in [5.41, 5.74) is 2.19. The van der Waals surface area contributed by atoms with E-state index in [-0.39, 0.29) is 17.3 Å². The van der Waals surface area contributed by atoms with Crippen molar-refractivity contribution in [3.05, 3.63) is 75.5 Å². The zero-order valence-electron chi connectivity index (χ0n) is 18.2. The second kappa shape index (κ2) is 6.09. The smallest absolute Gasteiger partial charge is 0.275 e. The van der Waals surface area contributed by atoms with E-state index in [9.17, 15) is 14.0 Å². The van der Waals surface area contributed by atoms with Gasteiger partial charge in [-0.2, -0.15) is 0 Å². The van der Waals surface area contributed by atoms with Crippen molar-refractivity contribution in [2.24, 2.45) is 0 Å². The number of ether oxygens (including phenoxy) is 1. The van der Waals surface area contributed by atoms with Crippen LogP contribution in [0.3, 0.4) is 0 Å². The van der Waals surface area contributed by atoms with Crippen LogP contribution in [-0.4, -0.2) is 43.6 Å². The summed E-state index contributed by atoms with van der Waals surface area (Å²) in [6, 6.07) is 6.83. The molecule has 4 heterocycles. The maximum atomic E-state index is 14.5. The molecule has 2 aromatic heterocycles. The van der Waals surface area contributed by atoms with Crippen LogP contribution in [0.1, 0.15) is 40.7 Å². The second-order valence-corrected chi connectivity index (χ2v) is 9.42. The molecule has 3 aromatic rings. The van der Waals surface area contributed by atoms with E-state index in [0.717, 1.165) is 23.2 Å². The Morgan fingerprint density at radius 2 is 2.00 bits per heavy atom. The molecule has 164 valence electrons. The number of imidazole rings is 1. The van der Waals surface area contributed by atoms with Gasteiger partial charge in [0.1, 0.15) is 17.0 Å². The third-order valence-electron chi connectivity index (χ3n) is 7.26. The molecule has 7 nitrogen and oxygen atoms in total. The van der Waals surface area contributed by atoms with Gasteiger partial charge in [-0.1, -0.05) is 6.07 Å². The first-order valence-electron chi connectivity index (χ1n) is 10.8. The predicted octanol–water partition coefficient (Wildman–Crippen LogP) is 2.74. The number of hydrogen-bond donors (Lipinski definition) is 0. The first kappa shape index (κ1) is 19.3. The van der Waals surface area contributed by atoms with Crippen molar-refractivity contribution in [2.45, 2.75) is 44.8 Å². The number of carbonyl (C=O) groups excluding carboxylic acids is 1. The molecule has 3 aliphatic rings. The number of pyridine rings is 1. The van der Waals surface area contributed by atoms with Crippen molar-refractivity contribution in [2.75, 3.05) is 13.1 Å². The molecule has 1 amide bonds. The summed E-state index contributed by atoms with van der Waals surface area (Å²) >= 11 is 0. The fourth-order valence-corrected chi connectivity index (χ4v) is 5.45. The topological polar surface area (TPSA) is 69.4 Å². The normalized spacial score (nSPS) is 25.2. The molecular formula is C24H23FN4O3. The van der Waals surface area contributed by atoms with Crippen LogP contribution in [0.2, 0.25) is 0 Å². The minimum atomic E-state index is -0.509. The van der Waals surface area contributed by atoms with E-state index in [1.807, 2.05) is 26.8 Å². The van der Waals surface area contributed by atoms with E-state index in [2.05, 4.69) is 4.98 Å². The zero-order valence-corrected chi connectivity index (χ0v) is 18.2. The number of aromatic nitrogens is 3. The van der Waals surface area contributed by atoms with Crippen molar-refractivity contribution in [1.29, 1.82) is 0 Å². The van der Waals surface area contributed by atoms with Crippen molar-refractivity contribution < 1.29 is 13.9 Å². The first-order chi connectivity index (χ1) is 15.2. The summed E-state index contributed by atoms with van der Waals surface area (Å²) in [7, 11) is 0. The van der Waals surface area contributed by atoms with Crippen molar-refractivity contribution in [3.8, 4) is 11.4 Å². The van der Waals surface area contributed by atoms with E-state index in [0.29, 0.717) is 36.8 Å². The molecule has 2 atom stereocenters. The van der Waals surface area contributed by atoms with Crippen LogP contribution in [0.4, 0.5) is 4.39 Å². The second-order valence-electron chi connectivity index (χ2n) is 9.42. The highest BCUT2D eigenvalue weighted by atomic mass is 19.1. The molecule has 0 bridgehead atoms. The number of fused-ring (bicyclic) bond motifs is 4. The lowest BCUT2D eigenvalue weighted by Crippen LogP contribution is -2.48. The van der Waals surface area contributed by atoms with E-state index >= 15 is 0 Å². The largest absolute Gasteiger partial charge is 0.483 e. The van der Waals surface area contributed by atoms with Crippen molar-refractivity contribution in [3.63, 3.8) is 0 Å². The number of rotatable bonds is 3. The van der Waals surface area contributed by atoms with E-state index < -0.39 is 11.0 Å². The summed E-state index contributed by atoms with van der Waals surface area (Å²) in [4.78, 5) is 32.4. The first-order valence-corrected chi connectivity index (χ1v) is 10.8. The molecule has 1 saturated carbocycles. The number of nitrogens with zero attached hydrogens (tertiary/aromatic N) is 4. The molecule has 1 aliphatic carbocycles. The molecule has 6 rings (SSSR count). The SMILES string of the molecule is Cc1cc(F)c2c(c1)[C@@]1(CN3CCn4c(ccc(-n5cnc(C)c5)c4=O)C3=O)C[C@@]1(C)O2. The van der Waals surface area contributed by atoms with Crippen LogP contribution in [0.5, 0.6) is 5.75 Å². The van der Waals surface area contributed by atoms with Gasteiger partial charge in [-0.25, -0.2) is 9.37 Å². The van der Waals surface area contributed by atoms with Gasteiger partial charge in [0.25, 0.3) is 11.5 Å². The minimum absolute atomic E-state index is 0.188. The van der Waals surface area contributed by atoms with Crippen LogP contribution in [0.15, 0.2) is 41.6 Å². The molecule has 0 saturated heterocycles. The standard InChI is InChI=1S/C24H23FN4O3/c1-14-8-16-20(17(25)9-14)32-23(3)11-24(16,23)12-27-6-7-29-19(21(27)30)5-4-18(22(29)31)28-10-15(2)26-13-28/h4-5,8-10,13H,6-7,11-12H2,1-3H3/t23-,24+/m1/s1. The molecule has 2 aliphatic heterocycles. The molecule has 0 N–H and O–H groups in total. The predicted molar refractivity (Wildman–Crippen MR) is 115 cm³/mol. The minimum Gasteiger partial charge on any atom is -0.483 e. The van der Waals surface area contributed by atoms with Crippen LogP contribution in [0.25, 0.3) is 5.69 Å². The summed E-state index contributed by atoms with van der Waals surface area (Å²) in [5.74, 6) is -0.227. The highest BCUT2D eigenvalue weighted by molar-refractivity contribution is 5.93. The fraction of sp³-hybridized carbons (Fsp3) is 0.375. The van der Waals surface area contributed by atoms with Gasteiger partial charge in [0.15, 0.2) is 11.6 Å². The Labute approximate surface area is 184 Å². The molecule has 0 spiro atoms. The lowest BCUT2D eigenvalue weighted by atomic mass is 9.91. The molecule has 0 radical (unpaired) electrons. The summed E-state index contributed by atoms with van der Waals surface area (Å²) < 4.78 is 23.7. The Kier molecular flexibility index (Phi) is 3.67. The van der Waals surface area contributed by atoms with Crippen LogP contribution < -0.4 is 10.3 Å². The van der Waals surface area contributed by atoms with Crippen molar-refractivity contribution >= 4 is 5.91 Å². The number of carbonyl (C=O) groups is 1. The van der Waals surface area contributed by atoms with E-state index in [1.165, 1.54) is 10.6 Å². The fourth-order valence-electron chi connectivity index (χ4n) is 5.45. The Morgan fingerprint density at radius 3 is 2.75 bits per heavy atom. The molecule has 32 heavy (non-hydrogen) atoms. The third kappa shape index (κ3) is 2.43. The Balaban J connectivity index is 1.34. The summed E-state index contributed by atoms with van der Waals surface area (Å²) in [6.07, 6.45) is 4.12. The van der Waals surface area contributed by atoms with Gasteiger partial charge in [0, 0.05) is 37.8 Å². The lowest BCUT2D eigenvalue weighted by Gasteiger charge is -2.32. The quantitative estimate of drug-likeness (QED) is 0.636. The van der Waals surface area contributed by atoms with E-state index in [1.54, 1.807) is 34.1 Å². The van der Waals surface area contributed by atoms with Crippen LogP contribution in [0, 0.1) is 19.7 Å². The van der Waals surface area contributed by atoms with Crippen LogP contribution in [-0.2, 0) is 12.0 Å². The van der Waals surface area contributed by atoms with Gasteiger partial charge < -0.3 is 18.8 Å². The Hall–Kier alpha value is -3.42. The number of aryl methyl sites for hydroxylation is 2. The van der Waals surface area contributed by atoms with Gasteiger partial charge in [0.05, 0.1) is 17.4 Å². The highest BCUT2D eigenvalue weighted by Crippen LogP contribution is 2.67. The Morgan fingerprint density at radius 1 is 1.19 bits per heavy atom. The van der Waals surface area contributed by atoms with Gasteiger partial charge in [-0.15, -0.1) is 0 Å². The number of amides is 1. The van der Waals surface area contributed by atoms with Crippen molar-refractivity contribution in [1.82, 2.24) is 19.0 Å². The Bertz CT molecular complexity index is 1380. The summed E-state index contributed by atoms with van der Waals surface area (Å²) in [5, 5.41) is 0. The van der Waals surface area contributed by atoms with Gasteiger partial charge in [-0.05, 0) is 44.5 Å². The molecule has 0 unspecified atom stereocenters. The lowest BCUT2D eigenvalue weighted by molar-refractivity contribution is 0.0666. The third-order valence-corrected chi connectivity index (χ3v) is 7.26. The maximum Gasteiger partial charge on any atom is 0.275 e. The molecule has 8 heteroatoms. The molecule has 1 fully saturated rings. The molecular weight excluding hydrogens is 411 g/mol. The highest BCUT2D eigenvalue weighted by Gasteiger charge is 2.73. The zero-order chi connectivity index (χ0) is 22.4. The summed E-state index contributed by atoms with van der Waals surface area (Å²) in [6.45, 7) is 6.97. The van der Waals surface area contributed by atoms with Crippen LogP contribution >= 0.6 is 0 Å².